The van der Waals surface area contributed by atoms with Crippen LogP contribution < -0.4 is 0 Å². The summed E-state index contributed by atoms with van der Waals surface area (Å²) in [5.41, 5.74) is 2.12. The number of hydrogen-bond acceptors (Lipinski definition) is 4. The number of rotatable bonds is 4. The van der Waals surface area contributed by atoms with Gasteiger partial charge in [-0.05, 0) is 43.3 Å². The van der Waals surface area contributed by atoms with Crippen LogP contribution >= 0.6 is 23.4 Å². The molecule has 0 atom stereocenters. The molecule has 0 radical (unpaired) electrons. The molecule has 0 aliphatic heterocycles. The van der Waals surface area contributed by atoms with Crippen molar-refractivity contribution in [1.29, 1.82) is 0 Å². The average Bonchev–Trinajstić information content (AvgIpc) is 2.96. The molecule has 0 fully saturated rings. The summed E-state index contributed by atoms with van der Waals surface area (Å²) in [6.07, 6.45) is 0. The van der Waals surface area contributed by atoms with Crippen molar-refractivity contribution in [3.05, 3.63) is 65.0 Å². The minimum atomic E-state index is 0.561. The van der Waals surface area contributed by atoms with Crippen molar-refractivity contribution in [3.8, 4) is 11.5 Å². The summed E-state index contributed by atoms with van der Waals surface area (Å²) < 4.78 is 5.70. The van der Waals surface area contributed by atoms with E-state index in [0.717, 1.165) is 15.5 Å². The molecule has 106 valence electrons. The van der Waals surface area contributed by atoms with E-state index in [9.17, 15) is 0 Å². The molecule has 0 aliphatic rings. The first kappa shape index (κ1) is 14.2. The van der Waals surface area contributed by atoms with Gasteiger partial charge in [0.15, 0.2) is 0 Å². The Bertz CT molecular complexity index is 740. The van der Waals surface area contributed by atoms with Crippen molar-refractivity contribution in [1.82, 2.24) is 10.2 Å². The third-order valence-electron chi connectivity index (χ3n) is 2.91. The predicted molar refractivity (Wildman–Crippen MR) is 85.5 cm³/mol. The van der Waals surface area contributed by atoms with Crippen LogP contribution in [0.25, 0.3) is 11.5 Å². The minimum absolute atomic E-state index is 0.561. The van der Waals surface area contributed by atoms with E-state index in [0.29, 0.717) is 17.5 Å². The molecule has 3 nitrogen and oxygen atoms in total. The maximum Gasteiger partial charge on any atom is 0.247 e. The fraction of sp³-hybridized carbons (Fsp3) is 0.125. The lowest BCUT2D eigenvalue weighted by Crippen LogP contribution is -1.80. The van der Waals surface area contributed by atoms with Gasteiger partial charge in [0.1, 0.15) is 0 Å². The number of hydrogen-bond donors (Lipinski definition) is 0. The standard InChI is InChI=1S/C16H13ClN2OS/c1-11-3-2-4-12(9-11)16-19-18-15(20-16)10-21-14-7-5-13(17)6-8-14/h2-9H,10H2,1H3. The molecule has 1 aromatic heterocycles. The van der Waals surface area contributed by atoms with Crippen LogP contribution in [0.1, 0.15) is 11.5 Å². The molecule has 3 aromatic rings. The van der Waals surface area contributed by atoms with Gasteiger partial charge in [-0.3, -0.25) is 0 Å². The summed E-state index contributed by atoms with van der Waals surface area (Å²) in [4.78, 5) is 1.12. The summed E-state index contributed by atoms with van der Waals surface area (Å²) >= 11 is 7.50. The predicted octanol–water partition coefficient (Wildman–Crippen LogP) is 4.99. The van der Waals surface area contributed by atoms with Crippen molar-refractivity contribution in [2.75, 3.05) is 0 Å². The molecule has 2 aromatic carbocycles. The van der Waals surface area contributed by atoms with E-state index in [1.54, 1.807) is 11.8 Å². The minimum Gasteiger partial charge on any atom is -0.420 e. The molecule has 0 unspecified atom stereocenters. The fourth-order valence-electron chi connectivity index (χ4n) is 1.88. The zero-order chi connectivity index (χ0) is 14.7. The van der Waals surface area contributed by atoms with E-state index in [-0.39, 0.29) is 0 Å². The highest BCUT2D eigenvalue weighted by molar-refractivity contribution is 7.98. The molecule has 0 bridgehead atoms. The van der Waals surface area contributed by atoms with Gasteiger partial charge in [0.2, 0.25) is 11.8 Å². The van der Waals surface area contributed by atoms with E-state index in [4.69, 9.17) is 16.0 Å². The maximum atomic E-state index is 5.86. The van der Waals surface area contributed by atoms with Gasteiger partial charge in [0.25, 0.3) is 0 Å². The third kappa shape index (κ3) is 3.65. The molecule has 0 N–H and O–H groups in total. The Morgan fingerprint density at radius 3 is 2.67 bits per heavy atom. The SMILES string of the molecule is Cc1cccc(-c2nnc(CSc3ccc(Cl)cc3)o2)c1. The summed E-state index contributed by atoms with van der Waals surface area (Å²) in [5, 5.41) is 8.93. The summed E-state index contributed by atoms with van der Waals surface area (Å²) in [5.74, 6) is 1.82. The molecule has 5 heteroatoms. The maximum absolute atomic E-state index is 5.86. The van der Waals surface area contributed by atoms with Crippen molar-refractivity contribution in [2.45, 2.75) is 17.6 Å². The second-order valence-electron chi connectivity index (χ2n) is 4.61. The van der Waals surface area contributed by atoms with Crippen molar-refractivity contribution in [2.24, 2.45) is 0 Å². The molecule has 0 saturated carbocycles. The number of thioether (sulfide) groups is 1. The van der Waals surface area contributed by atoms with Crippen LogP contribution in [0.3, 0.4) is 0 Å². The van der Waals surface area contributed by atoms with Gasteiger partial charge in [-0.1, -0.05) is 29.3 Å². The smallest absolute Gasteiger partial charge is 0.247 e. The summed E-state index contributed by atoms with van der Waals surface area (Å²) in [6, 6.07) is 15.7. The highest BCUT2D eigenvalue weighted by Crippen LogP contribution is 2.25. The molecule has 0 saturated heterocycles. The molecule has 21 heavy (non-hydrogen) atoms. The largest absolute Gasteiger partial charge is 0.420 e. The summed E-state index contributed by atoms with van der Waals surface area (Å²) in [7, 11) is 0. The summed E-state index contributed by atoms with van der Waals surface area (Å²) in [6.45, 7) is 2.04. The monoisotopic (exact) mass is 316 g/mol. The van der Waals surface area contributed by atoms with E-state index >= 15 is 0 Å². The zero-order valence-electron chi connectivity index (χ0n) is 11.4. The number of nitrogens with zero attached hydrogens (tertiary/aromatic N) is 2. The number of benzene rings is 2. The number of aryl methyl sites for hydroxylation is 1. The lowest BCUT2D eigenvalue weighted by atomic mass is 10.1. The molecule has 0 spiro atoms. The second kappa shape index (κ2) is 6.33. The number of halogens is 1. The van der Waals surface area contributed by atoms with Crippen LogP contribution in [0, 0.1) is 6.92 Å². The van der Waals surface area contributed by atoms with Crippen LogP contribution in [-0.4, -0.2) is 10.2 Å². The Morgan fingerprint density at radius 1 is 1.10 bits per heavy atom. The van der Waals surface area contributed by atoms with Gasteiger partial charge in [-0.2, -0.15) is 0 Å². The Labute approximate surface area is 132 Å². The quantitative estimate of drug-likeness (QED) is 0.636. The highest BCUT2D eigenvalue weighted by Gasteiger charge is 2.09. The van der Waals surface area contributed by atoms with Crippen LogP contribution in [0.5, 0.6) is 0 Å². The highest BCUT2D eigenvalue weighted by atomic mass is 35.5. The van der Waals surface area contributed by atoms with Crippen LogP contribution in [0.4, 0.5) is 0 Å². The molecule has 1 heterocycles. The van der Waals surface area contributed by atoms with Gasteiger partial charge < -0.3 is 4.42 Å². The Kier molecular flexibility index (Phi) is 4.27. The first-order valence-electron chi connectivity index (χ1n) is 6.48. The molecule has 0 aliphatic carbocycles. The normalized spacial score (nSPS) is 10.8. The van der Waals surface area contributed by atoms with Gasteiger partial charge >= 0.3 is 0 Å². The Hall–Kier alpha value is -1.78. The lowest BCUT2D eigenvalue weighted by Gasteiger charge is -1.98. The van der Waals surface area contributed by atoms with Crippen LogP contribution in [0.2, 0.25) is 5.02 Å². The van der Waals surface area contributed by atoms with Crippen LogP contribution in [-0.2, 0) is 5.75 Å². The first-order valence-corrected chi connectivity index (χ1v) is 7.85. The van der Waals surface area contributed by atoms with Crippen molar-refractivity contribution >= 4 is 23.4 Å². The topological polar surface area (TPSA) is 38.9 Å². The van der Waals surface area contributed by atoms with E-state index in [1.807, 2.05) is 55.5 Å². The van der Waals surface area contributed by atoms with Gasteiger partial charge in [0.05, 0.1) is 5.75 Å². The molecular weight excluding hydrogens is 304 g/mol. The zero-order valence-corrected chi connectivity index (χ0v) is 13.0. The molecule has 0 amide bonds. The number of aromatic nitrogens is 2. The molecule has 3 rings (SSSR count). The van der Waals surface area contributed by atoms with Crippen molar-refractivity contribution in [3.63, 3.8) is 0 Å². The fourth-order valence-corrected chi connectivity index (χ4v) is 2.74. The van der Waals surface area contributed by atoms with Crippen molar-refractivity contribution < 1.29 is 4.42 Å². The Morgan fingerprint density at radius 2 is 1.90 bits per heavy atom. The Balaban J connectivity index is 1.69. The van der Waals surface area contributed by atoms with Gasteiger partial charge in [0, 0.05) is 15.5 Å². The third-order valence-corrected chi connectivity index (χ3v) is 4.16. The van der Waals surface area contributed by atoms with Gasteiger partial charge in [-0.25, -0.2) is 0 Å². The molecular formula is C16H13ClN2OS. The van der Waals surface area contributed by atoms with Gasteiger partial charge in [-0.15, -0.1) is 22.0 Å². The van der Waals surface area contributed by atoms with E-state index < -0.39 is 0 Å². The lowest BCUT2D eigenvalue weighted by molar-refractivity contribution is 0.528. The second-order valence-corrected chi connectivity index (χ2v) is 6.10. The van der Waals surface area contributed by atoms with E-state index in [1.165, 1.54) is 5.56 Å². The van der Waals surface area contributed by atoms with E-state index in [2.05, 4.69) is 10.2 Å². The van der Waals surface area contributed by atoms with Crippen LogP contribution in [0.15, 0.2) is 57.8 Å². The average molecular weight is 317 g/mol. The first-order chi connectivity index (χ1) is 10.2.